The number of carbonyl (C=O) groups excluding carboxylic acids is 1. The molecule has 0 aliphatic carbocycles. The number of tetrazole rings is 1. The minimum atomic E-state index is -0.488. The van der Waals surface area contributed by atoms with Crippen LogP contribution in [0.2, 0.25) is 0 Å². The van der Waals surface area contributed by atoms with Crippen molar-refractivity contribution in [2.75, 3.05) is 11.1 Å². The van der Waals surface area contributed by atoms with E-state index in [4.69, 9.17) is 0 Å². The Hall–Kier alpha value is -3.53. The van der Waals surface area contributed by atoms with Gasteiger partial charge in [-0.25, -0.2) is 9.37 Å². The second-order valence-corrected chi connectivity index (χ2v) is 8.01. The molecule has 31 heavy (non-hydrogen) atoms. The molecule has 158 valence electrons. The Kier molecular flexibility index (Phi) is 5.81. The Labute approximate surface area is 182 Å². The summed E-state index contributed by atoms with van der Waals surface area (Å²) in [6.45, 7) is 5.75. The third-order valence-electron chi connectivity index (χ3n) is 4.51. The van der Waals surface area contributed by atoms with Gasteiger partial charge in [-0.1, -0.05) is 17.8 Å². The lowest BCUT2D eigenvalue weighted by Gasteiger charge is -2.11. The molecule has 2 aromatic heterocycles. The maximum Gasteiger partial charge on any atom is 0.234 e. The van der Waals surface area contributed by atoms with E-state index in [0.717, 1.165) is 16.8 Å². The van der Waals surface area contributed by atoms with Crippen molar-refractivity contribution in [3.63, 3.8) is 0 Å². The summed E-state index contributed by atoms with van der Waals surface area (Å²) >= 11 is 1.32. The zero-order valence-electron chi connectivity index (χ0n) is 17.2. The predicted molar refractivity (Wildman–Crippen MR) is 116 cm³/mol. The maximum absolute atomic E-state index is 14.2. The van der Waals surface area contributed by atoms with Gasteiger partial charge in [0, 0.05) is 23.8 Å². The first-order chi connectivity index (χ1) is 14.9. The van der Waals surface area contributed by atoms with Gasteiger partial charge >= 0.3 is 0 Å². The first-order valence-electron chi connectivity index (χ1n) is 9.50. The molecule has 1 amide bonds. The molecule has 0 bridgehead atoms. The van der Waals surface area contributed by atoms with Crippen LogP contribution in [-0.4, -0.2) is 41.4 Å². The van der Waals surface area contributed by atoms with Crippen LogP contribution in [0.25, 0.3) is 11.4 Å². The van der Waals surface area contributed by atoms with Crippen molar-refractivity contribution in [2.45, 2.75) is 25.9 Å². The van der Waals surface area contributed by atoms with Crippen molar-refractivity contribution in [1.29, 1.82) is 0 Å². The number of carbonyl (C=O) groups is 1. The van der Waals surface area contributed by atoms with Crippen LogP contribution in [0.4, 0.5) is 10.1 Å². The van der Waals surface area contributed by atoms with Crippen LogP contribution < -0.4 is 5.32 Å². The Bertz CT molecular complexity index is 1230. The fraction of sp³-hybridized carbons (Fsp3) is 0.190. The minimum absolute atomic E-state index is 0.151. The van der Waals surface area contributed by atoms with E-state index in [1.54, 1.807) is 13.1 Å². The minimum Gasteiger partial charge on any atom is -0.325 e. The lowest BCUT2D eigenvalue weighted by atomic mass is 10.1. The molecule has 0 atom stereocenters. The number of anilines is 1. The van der Waals surface area contributed by atoms with Crippen molar-refractivity contribution in [3.8, 4) is 11.4 Å². The highest BCUT2D eigenvalue weighted by Gasteiger charge is 2.13. The van der Waals surface area contributed by atoms with Crippen molar-refractivity contribution >= 4 is 23.4 Å². The summed E-state index contributed by atoms with van der Waals surface area (Å²) in [5.74, 6) is -0.126. The topological polar surface area (TPSA) is 90.5 Å². The number of nitrogens with zero attached hydrogens (tertiary/aromatic N) is 6. The number of hydrogen-bond donors (Lipinski definition) is 1. The first kappa shape index (κ1) is 20.7. The molecule has 8 nitrogen and oxygen atoms in total. The number of thioether (sulfide) groups is 1. The van der Waals surface area contributed by atoms with Gasteiger partial charge in [-0.2, -0.15) is 4.68 Å². The van der Waals surface area contributed by atoms with Crippen molar-refractivity contribution in [3.05, 3.63) is 71.6 Å². The Balaban J connectivity index is 1.45. The highest BCUT2D eigenvalue weighted by Crippen LogP contribution is 2.23. The Morgan fingerprint density at radius 1 is 1.13 bits per heavy atom. The summed E-state index contributed by atoms with van der Waals surface area (Å²) < 4.78 is 17.4. The number of aryl methyl sites for hydroxylation is 3. The zero-order valence-corrected chi connectivity index (χ0v) is 18.0. The monoisotopic (exact) mass is 437 g/mol. The van der Waals surface area contributed by atoms with Gasteiger partial charge in [0.15, 0.2) is 11.0 Å². The molecule has 1 N–H and O–H groups in total. The fourth-order valence-corrected chi connectivity index (χ4v) is 3.99. The second-order valence-electron chi connectivity index (χ2n) is 7.07. The van der Waals surface area contributed by atoms with E-state index < -0.39 is 5.82 Å². The van der Waals surface area contributed by atoms with Gasteiger partial charge in [0.05, 0.1) is 5.75 Å². The highest BCUT2D eigenvalue weighted by atomic mass is 32.2. The molecule has 4 rings (SSSR count). The lowest BCUT2D eigenvalue weighted by molar-refractivity contribution is -0.113. The van der Waals surface area contributed by atoms with Crippen molar-refractivity contribution in [1.82, 2.24) is 29.8 Å². The number of aromatic nitrogens is 6. The van der Waals surface area contributed by atoms with E-state index in [-0.39, 0.29) is 17.3 Å². The molecule has 0 radical (unpaired) electrons. The highest BCUT2D eigenvalue weighted by molar-refractivity contribution is 7.99. The van der Waals surface area contributed by atoms with E-state index in [0.29, 0.717) is 16.7 Å². The SMILES string of the molecule is Cc1cc(C)cc(-n2ccnc2SCC(=O)Nc2ccc(F)c(-n3nnnc3C)c2)c1. The van der Waals surface area contributed by atoms with E-state index >= 15 is 0 Å². The van der Waals surface area contributed by atoms with Crippen molar-refractivity contribution in [2.24, 2.45) is 0 Å². The largest absolute Gasteiger partial charge is 0.325 e. The third-order valence-corrected chi connectivity index (χ3v) is 5.47. The van der Waals surface area contributed by atoms with E-state index in [9.17, 15) is 9.18 Å². The number of rotatable bonds is 6. The first-order valence-corrected chi connectivity index (χ1v) is 10.5. The molecule has 0 saturated carbocycles. The van der Waals surface area contributed by atoms with Crippen LogP contribution in [0, 0.1) is 26.6 Å². The van der Waals surface area contributed by atoms with Gasteiger partial charge in [0.25, 0.3) is 0 Å². The zero-order chi connectivity index (χ0) is 22.0. The predicted octanol–water partition coefficient (Wildman–Crippen LogP) is 3.64. The van der Waals surface area contributed by atoms with E-state index in [1.807, 2.05) is 24.6 Å². The number of amides is 1. The van der Waals surface area contributed by atoms with Crippen LogP contribution in [0.5, 0.6) is 0 Å². The van der Waals surface area contributed by atoms with Crippen molar-refractivity contribution < 1.29 is 9.18 Å². The van der Waals surface area contributed by atoms with Crippen LogP contribution in [-0.2, 0) is 4.79 Å². The summed E-state index contributed by atoms with van der Waals surface area (Å²) in [5, 5.41) is 14.6. The second kappa shape index (κ2) is 8.68. The average molecular weight is 438 g/mol. The van der Waals surface area contributed by atoms with E-state index in [2.05, 4.69) is 44.0 Å². The molecular formula is C21H20FN7OS. The van der Waals surface area contributed by atoms with Gasteiger partial charge in [-0.05, 0) is 72.7 Å². The maximum atomic E-state index is 14.2. The summed E-state index contributed by atoms with van der Waals surface area (Å²) in [7, 11) is 0. The Morgan fingerprint density at radius 2 is 1.90 bits per heavy atom. The van der Waals surface area contributed by atoms with Crippen LogP contribution in [0.3, 0.4) is 0 Å². The van der Waals surface area contributed by atoms with Gasteiger partial charge in [-0.15, -0.1) is 5.10 Å². The van der Waals surface area contributed by atoms with E-state index in [1.165, 1.54) is 34.6 Å². The summed E-state index contributed by atoms with van der Waals surface area (Å²) in [6, 6.07) is 10.5. The molecule has 2 heterocycles. The molecule has 10 heteroatoms. The van der Waals surface area contributed by atoms with Gasteiger partial charge in [-0.3, -0.25) is 9.36 Å². The molecule has 0 aliphatic rings. The van der Waals surface area contributed by atoms with Gasteiger partial charge < -0.3 is 5.32 Å². The number of nitrogens with one attached hydrogen (secondary N) is 1. The van der Waals surface area contributed by atoms with Crippen LogP contribution in [0.1, 0.15) is 17.0 Å². The molecule has 2 aromatic carbocycles. The lowest BCUT2D eigenvalue weighted by Crippen LogP contribution is -2.15. The van der Waals surface area contributed by atoms with Gasteiger partial charge in [0.2, 0.25) is 5.91 Å². The standard InChI is InChI=1S/C21H20FN7OS/c1-13-8-14(2)10-17(9-13)28-7-6-23-21(28)31-12-20(30)24-16-4-5-18(22)19(11-16)29-15(3)25-26-27-29/h4-11H,12H2,1-3H3,(H,24,30). The molecule has 0 fully saturated rings. The normalized spacial score (nSPS) is 11.0. The molecule has 0 spiro atoms. The summed E-state index contributed by atoms with van der Waals surface area (Å²) in [4.78, 5) is 16.9. The molecular weight excluding hydrogens is 417 g/mol. The smallest absolute Gasteiger partial charge is 0.234 e. The molecule has 0 aliphatic heterocycles. The number of halogens is 1. The third kappa shape index (κ3) is 4.64. The summed E-state index contributed by atoms with van der Waals surface area (Å²) in [5.41, 5.74) is 3.93. The number of benzene rings is 2. The van der Waals surface area contributed by atoms with Gasteiger partial charge in [0.1, 0.15) is 11.5 Å². The fourth-order valence-electron chi connectivity index (χ4n) is 3.22. The Morgan fingerprint density at radius 3 is 2.61 bits per heavy atom. The number of imidazole rings is 1. The molecule has 0 unspecified atom stereocenters. The quantitative estimate of drug-likeness (QED) is 0.463. The van der Waals surface area contributed by atoms with Crippen LogP contribution >= 0.6 is 11.8 Å². The molecule has 0 saturated heterocycles. The van der Waals surface area contributed by atoms with Crippen LogP contribution in [0.15, 0.2) is 53.9 Å². The average Bonchev–Trinajstić information content (AvgIpc) is 3.36. The molecule has 4 aromatic rings. The summed E-state index contributed by atoms with van der Waals surface area (Å²) in [6.07, 6.45) is 3.58. The number of hydrogen-bond acceptors (Lipinski definition) is 6.